The SMILES string of the molecule is O=C1CN(c2cc(Cl)ccc2CNC2CC2)CCCN1. The van der Waals surface area contributed by atoms with Crippen LogP contribution in [0, 0.1) is 0 Å². The molecule has 0 radical (unpaired) electrons. The number of hydrogen-bond acceptors (Lipinski definition) is 3. The summed E-state index contributed by atoms with van der Waals surface area (Å²) in [6.45, 7) is 2.90. The topological polar surface area (TPSA) is 44.4 Å². The van der Waals surface area contributed by atoms with Crippen LogP contribution in [0.2, 0.25) is 5.02 Å². The molecule has 1 aromatic carbocycles. The molecular weight excluding hydrogens is 274 g/mol. The van der Waals surface area contributed by atoms with E-state index >= 15 is 0 Å². The average molecular weight is 294 g/mol. The third kappa shape index (κ3) is 3.44. The summed E-state index contributed by atoms with van der Waals surface area (Å²) in [5.41, 5.74) is 2.30. The van der Waals surface area contributed by atoms with E-state index in [4.69, 9.17) is 11.6 Å². The van der Waals surface area contributed by atoms with Gasteiger partial charge in [-0.2, -0.15) is 0 Å². The molecule has 2 fully saturated rings. The van der Waals surface area contributed by atoms with Gasteiger partial charge < -0.3 is 15.5 Å². The summed E-state index contributed by atoms with van der Waals surface area (Å²) < 4.78 is 0. The number of nitrogens with zero attached hydrogens (tertiary/aromatic N) is 1. The molecule has 0 spiro atoms. The maximum atomic E-state index is 11.7. The van der Waals surface area contributed by atoms with Gasteiger partial charge in [-0.25, -0.2) is 0 Å². The Morgan fingerprint density at radius 3 is 3.05 bits per heavy atom. The fourth-order valence-corrected chi connectivity index (χ4v) is 2.70. The smallest absolute Gasteiger partial charge is 0.239 e. The number of amides is 1. The fraction of sp³-hybridized carbons (Fsp3) is 0.533. The van der Waals surface area contributed by atoms with Gasteiger partial charge in [0.15, 0.2) is 0 Å². The predicted octanol–water partition coefficient (Wildman–Crippen LogP) is 1.92. The van der Waals surface area contributed by atoms with E-state index in [1.54, 1.807) is 0 Å². The maximum absolute atomic E-state index is 11.7. The van der Waals surface area contributed by atoms with E-state index in [-0.39, 0.29) is 5.91 Å². The summed E-state index contributed by atoms with van der Waals surface area (Å²) in [6.07, 6.45) is 3.51. The zero-order valence-electron chi connectivity index (χ0n) is 11.5. The van der Waals surface area contributed by atoms with Gasteiger partial charge in [-0.3, -0.25) is 4.79 Å². The minimum atomic E-state index is 0.0866. The molecule has 1 saturated heterocycles. The van der Waals surface area contributed by atoms with Crippen LogP contribution in [-0.4, -0.2) is 31.6 Å². The zero-order valence-corrected chi connectivity index (χ0v) is 12.2. The number of anilines is 1. The van der Waals surface area contributed by atoms with Crippen LogP contribution in [0.1, 0.15) is 24.8 Å². The second-order valence-electron chi connectivity index (χ2n) is 5.55. The van der Waals surface area contributed by atoms with Crippen molar-refractivity contribution in [1.82, 2.24) is 10.6 Å². The van der Waals surface area contributed by atoms with Crippen LogP contribution in [0.4, 0.5) is 5.69 Å². The molecule has 0 unspecified atom stereocenters. The summed E-state index contributed by atoms with van der Waals surface area (Å²) in [6, 6.07) is 6.64. The van der Waals surface area contributed by atoms with Crippen LogP contribution in [0.25, 0.3) is 0 Å². The number of benzene rings is 1. The van der Waals surface area contributed by atoms with Crippen LogP contribution < -0.4 is 15.5 Å². The molecule has 1 heterocycles. The highest BCUT2D eigenvalue weighted by molar-refractivity contribution is 6.30. The van der Waals surface area contributed by atoms with Gasteiger partial charge >= 0.3 is 0 Å². The lowest BCUT2D eigenvalue weighted by atomic mass is 10.1. The van der Waals surface area contributed by atoms with Crippen molar-refractivity contribution in [2.24, 2.45) is 0 Å². The van der Waals surface area contributed by atoms with E-state index in [2.05, 4.69) is 21.6 Å². The molecule has 1 amide bonds. The molecule has 1 saturated carbocycles. The van der Waals surface area contributed by atoms with Gasteiger partial charge in [0.05, 0.1) is 6.54 Å². The highest BCUT2D eigenvalue weighted by Gasteiger charge is 2.22. The molecule has 108 valence electrons. The Morgan fingerprint density at radius 1 is 1.40 bits per heavy atom. The summed E-state index contributed by atoms with van der Waals surface area (Å²) >= 11 is 6.14. The van der Waals surface area contributed by atoms with Crippen LogP contribution >= 0.6 is 11.6 Å². The molecule has 3 rings (SSSR count). The van der Waals surface area contributed by atoms with Gasteiger partial charge in [0.25, 0.3) is 0 Å². The predicted molar refractivity (Wildman–Crippen MR) is 81.2 cm³/mol. The van der Waals surface area contributed by atoms with E-state index in [1.807, 2.05) is 12.1 Å². The molecule has 2 aliphatic rings. The van der Waals surface area contributed by atoms with Gasteiger partial charge in [-0.15, -0.1) is 0 Å². The molecule has 1 aromatic rings. The van der Waals surface area contributed by atoms with Crippen molar-refractivity contribution < 1.29 is 4.79 Å². The Kier molecular flexibility index (Phi) is 4.13. The molecule has 0 atom stereocenters. The van der Waals surface area contributed by atoms with Crippen LogP contribution in [0.15, 0.2) is 18.2 Å². The monoisotopic (exact) mass is 293 g/mol. The Morgan fingerprint density at radius 2 is 2.25 bits per heavy atom. The number of hydrogen-bond donors (Lipinski definition) is 2. The minimum Gasteiger partial charge on any atom is -0.362 e. The molecule has 0 bridgehead atoms. The summed E-state index contributed by atoms with van der Waals surface area (Å²) in [5, 5.41) is 7.16. The third-order valence-corrected chi connectivity index (χ3v) is 4.04. The molecular formula is C15H20ClN3O. The minimum absolute atomic E-state index is 0.0866. The number of carbonyl (C=O) groups is 1. The number of rotatable bonds is 4. The summed E-state index contributed by atoms with van der Waals surface area (Å²) in [4.78, 5) is 13.9. The first kappa shape index (κ1) is 13.7. The Bertz CT molecular complexity index is 502. The van der Waals surface area contributed by atoms with Gasteiger partial charge in [-0.1, -0.05) is 17.7 Å². The normalized spacial score (nSPS) is 19.6. The standard InChI is InChI=1S/C15H20ClN3O/c16-12-3-2-11(9-18-13-4-5-13)14(8-12)19-7-1-6-17-15(20)10-19/h2-3,8,13,18H,1,4-7,9-10H2,(H,17,20). The molecule has 0 aromatic heterocycles. The van der Waals surface area contributed by atoms with E-state index in [0.29, 0.717) is 12.6 Å². The molecule has 20 heavy (non-hydrogen) atoms. The lowest BCUT2D eigenvalue weighted by Crippen LogP contribution is -2.34. The quantitative estimate of drug-likeness (QED) is 0.891. The largest absolute Gasteiger partial charge is 0.362 e. The van der Waals surface area contributed by atoms with E-state index in [9.17, 15) is 4.79 Å². The molecule has 5 heteroatoms. The van der Waals surface area contributed by atoms with Crippen molar-refractivity contribution in [3.05, 3.63) is 28.8 Å². The first-order valence-corrected chi connectivity index (χ1v) is 7.63. The number of nitrogens with one attached hydrogen (secondary N) is 2. The second kappa shape index (κ2) is 6.02. The van der Waals surface area contributed by atoms with E-state index in [1.165, 1.54) is 18.4 Å². The first-order valence-electron chi connectivity index (χ1n) is 7.26. The van der Waals surface area contributed by atoms with Crippen molar-refractivity contribution in [2.75, 3.05) is 24.5 Å². The molecule has 1 aliphatic heterocycles. The summed E-state index contributed by atoms with van der Waals surface area (Å²) in [7, 11) is 0. The van der Waals surface area contributed by atoms with E-state index < -0.39 is 0 Å². The van der Waals surface area contributed by atoms with E-state index in [0.717, 1.165) is 36.8 Å². The van der Waals surface area contributed by atoms with Gasteiger partial charge in [0, 0.05) is 36.4 Å². The lowest BCUT2D eigenvalue weighted by molar-refractivity contribution is -0.119. The number of halogens is 1. The third-order valence-electron chi connectivity index (χ3n) is 3.81. The lowest BCUT2D eigenvalue weighted by Gasteiger charge is -2.25. The van der Waals surface area contributed by atoms with Crippen molar-refractivity contribution in [2.45, 2.75) is 31.8 Å². The van der Waals surface area contributed by atoms with Crippen LogP contribution in [0.5, 0.6) is 0 Å². The Hall–Kier alpha value is -1.26. The zero-order chi connectivity index (χ0) is 13.9. The first-order chi connectivity index (χ1) is 9.72. The van der Waals surface area contributed by atoms with Crippen molar-refractivity contribution in [3.63, 3.8) is 0 Å². The highest BCUT2D eigenvalue weighted by Crippen LogP contribution is 2.27. The Balaban J connectivity index is 1.80. The molecule has 2 N–H and O–H groups in total. The van der Waals surface area contributed by atoms with Gasteiger partial charge in [0.2, 0.25) is 5.91 Å². The van der Waals surface area contributed by atoms with Crippen molar-refractivity contribution >= 4 is 23.2 Å². The average Bonchev–Trinajstić information content (AvgIpc) is 3.25. The van der Waals surface area contributed by atoms with Crippen molar-refractivity contribution in [3.8, 4) is 0 Å². The summed E-state index contributed by atoms with van der Waals surface area (Å²) in [5.74, 6) is 0.0866. The van der Waals surface area contributed by atoms with Crippen molar-refractivity contribution in [1.29, 1.82) is 0 Å². The fourth-order valence-electron chi connectivity index (χ4n) is 2.53. The van der Waals surface area contributed by atoms with Gasteiger partial charge in [-0.05, 0) is 37.0 Å². The van der Waals surface area contributed by atoms with Crippen LogP contribution in [0.3, 0.4) is 0 Å². The number of carbonyl (C=O) groups excluding carboxylic acids is 1. The molecule has 1 aliphatic carbocycles. The van der Waals surface area contributed by atoms with Crippen LogP contribution in [-0.2, 0) is 11.3 Å². The highest BCUT2D eigenvalue weighted by atomic mass is 35.5. The maximum Gasteiger partial charge on any atom is 0.239 e. The van der Waals surface area contributed by atoms with Gasteiger partial charge in [0.1, 0.15) is 0 Å². The Labute approximate surface area is 124 Å². The molecule has 4 nitrogen and oxygen atoms in total. The second-order valence-corrected chi connectivity index (χ2v) is 5.99.